The van der Waals surface area contributed by atoms with E-state index in [1.807, 2.05) is 29.2 Å². The molecule has 1 spiro atoms. The van der Waals surface area contributed by atoms with Gasteiger partial charge in [0.2, 0.25) is 5.91 Å². The van der Waals surface area contributed by atoms with Crippen molar-refractivity contribution in [1.82, 2.24) is 4.90 Å². The van der Waals surface area contributed by atoms with Crippen molar-refractivity contribution < 1.29 is 14.3 Å². The number of ether oxygens (including phenoxy) is 1. The summed E-state index contributed by atoms with van der Waals surface area (Å²) in [6, 6.07) is 7.53. The first-order chi connectivity index (χ1) is 11.2. The number of rotatable bonds is 1. The SMILES string of the molecule is O=C1C[C@]2(CC[C@@H]3[C@H](C(=O)N4CCCC4)[C@@H]32)Oc2ccccc21. The summed E-state index contributed by atoms with van der Waals surface area (Å²) in [5, 5.41) is 0. The zero-order chi connectivity index (χ0) is 15.6. The molecule has 1 amide bonds. The number of hydrogen-bond donors (Lipinski definition) is 0. The van der Waals surface area contributed by atoms with Crippen molar-refractivity contribution in [3.05, 3.63) is 29.8 Å². The van der Waals surface area contributed by atoms with Crippen LogP contribution in [0.3, 0.4) is 0 Å². The highest BCUT2D eigenvalue weighted by atomic mass is 16.5. The lowest BCUT2D eigenvalue weighted by Crippen LogP contribution is -2.44. The fourth-order valence-electron chi connectivity index (χ4n) is 5.25. The van der Waals surface area contributed by atoms with Crippen LogP contribution in [0.4, 0.5) is 0 Å². The molecule has 4 aliphatic rings. The summed E-state index contributed by atoms with van der Waals surface area (Å²) < 4.78 is 6.36. The largest absolute Gasteiger partial charge is 0.486 e. The minimum absolute atomic E-state index is 0.0971. The molecule has 4 nitrogen and oxygen atoms in total. The summed E-state index contributed by atoms with van der Waals surface area (Å²) >= 11 is 0. The lowest BCUT2D eigenvalue weighted by Gasteiger charge is -2.37. The van der Waals surface area contributed by atoms with E-state index in [4.69, 9.17) is 4.74 Å². The maximum Gasteiger partial charge on any atom is 0.226 e. The standard InChI is InChI=1S/C19H21NO3/c21-14-11-19(23-15-6-2-1-5-12(14)15)8-7-13-16(17(13)19)18(22)20-9-3-4-10-20/h1-2,5-6,13,16-17H,3-4,7-11H2/t13-,16+,17-,19+/m1/s1. The predicted octanol–water partition coefficient (Wildman–Crippen LogP) is 2.67. The maximum absolute atomic E-state index is 12.8. The highest BCUT2D eigenvalue weighted by Gasteiger charge is 2.71. The number of hydrogen-bond acceptors (Lipinski definition) is 3. The van der Waals surface area contributed by atoms with Crippen molar-refractivity contribution in [3.63, 3.8) is 0 Å². The highest BCUT2D eigenvalue weighted by Crippen LogP contribution is 2.66. The molecular formula is C19H21NO3. The average molecular weight is 311 g/mol. The first-order valence-electron chi connectivity index (χ1n) is 8.80. The van der Waals surface area contributed by atoms with Gasteiger partial charge in [0.05, 0.1) is 12.0 Å². The van der Waals surface area contributed by atoms with E-state index in [1.54, 1.807) is 0 Å². The van der Waals surface area contributed by atoms with Crippen molar-refractivity contribution in [2.75, 3.05) is 13.1 Å². The van der Waals surface area contributed by atoms with Crippen LogP contribution in [0, 0.1) is 17.8 Å². The van der Waals surface area contributed by atoms with Gasteiger partial charge < -0.3 is 9.64 Å². The molecular weight excluding hydrogens is 290 g/mol. The molecule has 120 valence electrons. The molecule has 0 N–H and O–H groups in total. The Balaban J connectivity index is 1.42. The molecule has 3 fully saturated rings. The molecule has 0 radical (unpaired) electrons. The number of nitrogens with zero attached hydrogens (tertiary/aromatic N) is 1. The Bertz CT molecular complexity index is 694. The minimum atomic E-state index is -0.420. The van der Waals surface area contributed by atoms with Crippen LogP contribution in [0.2, 0.25) is 0 Å². The summed E-state index contributed by atoms with van der Waals surface area (Å²) in [7, 11) is 0. The number of fused-ring (bicyclic) bond motifs is 3. The van der Waals surface area contributed by atoms with E-state index in [9.17, 15) is 9.59 Å². The van der Waals surface area contributed by atoms with Crippen LogP contribution in [0.25, 0.3) is 0 Å². The highest BCUT2D eigenvalue weighted by molar-refractivity contribution is 6.00. The van der Waals surface area contributed by atoms with E-state index < -0.39 is 5.60 Å². The molecule has 4 heteroatoms. The van der Waals surface area contributed by atoms with Crippen LogP contribution >= 0.6 is 0 Å². The van der Waals surface area contributed by atoms with Crippen molar-refractivity contribution in [2.45, 2.75) is 37.7 Å². The van der Waals surface area contributed by atoms with Gasteiger partial charge in [0.25, 0.3) is 0 Å². The molecule has 0 unspecified atom stereocenters. The van der Waals surface area contributed by atoms with Crippen molar-refractivity contribution in [3.8, 4) is 5.75 Å². The lowest BCUT2D eigenvalue weighted by molar-refractivity contribution is -0.133. The zero-order valence-corrected chi connectivity index (χ0v) is 13.2. The third-order valence-electron chi connectivity index (χ3n) is 6.34. The van der Waals surface area contributed by atoms with E-state index in [1.165, 1.54) is 0 Å². The molecule has 1 aromatic carbocycles. The van der Waals surface area contributed by atoms with Gasteiger partial charge in [0.1, 0.15) is 11.4 Å². The average Bonchev–Trinajstić information content (AvgIpc) is 2.89. The number of amides is 1. The van der Waals surface area contributed by atoms with E-state index >= 15 is 0 Å². The summed E-state index contributed by atoms with van der Waals surface area (Å²) in [5.41, 5.74) is 0.278. The third-order valence-corrected chi connectivity index (χ3v) is 6.34. The topological polar surface area (TPSA) is 46.6 Å². The molecule has 1 aromatic rings. The van der Waals surface area contributed by atoms with Gasteiger partial charge >= 0.3 is 0 Å². The molecule has 2 aliphatic heterocycles. The van der Waals surface area contributed by atoms with Gasteiger partial charge in [-0.05, 0) is 43.7 Å². The van der Waals surface area contributed by atoms with E-state index in [0.29, 0.717) is 29.6 Å². The van der Waals surface area contributed by atoms with Gasteiger partial charge in [0, 0.05) is 24.9 Å². The number of ketones is 1. The quantitative estimate of drug-likeness (QED) is 0.801. The molecule has 4 atom stereocenters. The lowest BCUT2D eigenvalue weighted by atomic mass is 9.84. The Morgan fingerprint density at radius 2 is 2.00 bits per heavy atom. The van der Waals surface area contributed by atoms with E-state index in [-0.39, 0.29) is 17.6 Å². The fraction of sp³-hybridized carbons (Fsp3) is 0.579. The molecule has 23 heavy (non-hydrogen) atoms. The maximum atomic E-state index is 12.8. The Hall–Kier alpha value is -1.84. The summed E-state index contributed by atoms with van der Waals surface area (Å²) in [5.74, 6) is 1.97. The van der Waals surface area contributed by atoms with Gasteiger partial charge in [-0.1, -0.05) is 12.1 Å². The normalized spacial score (nSPS) is 37.5. The Morgan fingerprint density at radius 1 is 1.22 bits per heavy atom. The second kappa shape index (κ2) is 4.59. The monoisotopic (exact) mass is 311 g/mol. The number of carbonyl (C=O) groups excluding carboxylic acids is 2. The van der Waals surface area contributed by atoms with Crippen molar-refractivity contribution in [1.29, 1.82) is 0 Å². The van der Waals surface area contributed by atoms with Crippen LogP contribution in [0.15, 0.2) is 24.3 Å². The van der Waals surface area contributed by atoms with Crippen molar-refractivity contribution >= 4 is 11.7 Å². The van der Waals surface area contributed by atoms with Crippen LogP contribution in [-0.2, 0) is 4.79 Å². The van der Waals surface area contributed by atoms with E-state index in [2.05, 4.69) is 0 Å². The number of benzene rings is 1. The van der Waals surface area contributed by atoms with Crippen LogP contribution < -0.4 is 4.74 Å². The predicted molar refractivity (Wildman–Crippen MR) is 84.3 cm³/mol. The number of carbonyl (C=O) groups is 2. The first-order valence-corrected chi connectivity index (χ1v) is 8.80. The molecule has 0 bridgehead atoms. The summed E-state index contributed by atoms with van der Waals surface area (Å²) in [6.45, 7) is 1.81. The molecule has 1 saturated heterocycles. The van der Waals surface area contributed by atoms with Crippen LogP contribution in [0.1, 0.15) is 42.5 Å². The van der Waals surface area contributed by atoms with Crippen molar-refractivity contribution in [2.24, 2.45) is 17.8 Å². The van der Waals surface area contributed by atoms with Gasteiger partial charge in [-0.3, -0.25) is 9.59 Å². The second-order valence-electron chi connectivity index (χ2n) is 7.55. The molecule has 2 aliphatic carbocycles. The number of para-hydroxylation sites is 1. The Kier molecular flexibility index (Phi) is 2.71. The Labute approximate surface area is 135 Å². The smallest absolute Gasteiger partial charge is 0.226 e. The van der Waals surface area contributed by atoms with Gasteiger partial charge in [0.15, 0.2) is 5.78 Å². The third kappa shape index (κ3) is 1.84. The van der Waals surface area contributed by atoms with E-state index in [0.717, 1.165) is 38.8 Å². The number of likely N-dealkylation sites (tertiary alicyclic amines) is 1. The molecule has 5 rings (SSSR count). The minimum Gasteiger partial charge on any atom is -0.486 e. The van der Waals surface area contributed by atoms with Gasteiger partial charge in [-0.15, -0.1) is 0 Å². The first kappa shape index (κ1) is 13.6. The summed E-state index contributed by atoms with van der Waals surface area (Å²) in [4.78, 5) is 27.4. The van der Waals surface area contributed by atoms with Gasteiger partial charge in [-0.2, -0.15) is 0 Å². The van der Waals surface area contributed by atoms with Crippen LogP contribution in [0.5, 0.6) is 5.75 Å². The summed E-state index contributed by atoms with van der Waals surface area (Å²) in [6.07, 6.45) is 4.62. The molecule has 0 aromatic heterocycles. The molecule has 2 saturated carbocycles. The molecule has 2 heterocycles. The van der Waals surface area contributed by atoms with Crippen LogP contribution in [-0.4, -0.2) is 35.3 Å². The zero-order valence-electron chi connectivity index (χ0n) is 13.2. The Morgan fingerprint density at radius 3 is 2.83 bits per heavy atom. The fourth-order valence-corrected chi connectivity index (χ4v) is 5.25. The van der Waals surface area contributed by atoms with Gasteiger partial charge in [-0.25, -0.2) is 0 Å². The second-order valence-corrected chi connectivity index (χ2v) is 7.55. The number of Topliss-reactive ketones (excluding diaryl/α,β-unsaturated/α-hetero) is 1.